The Morgan fingerprint density at radius 2 is 2.12 bits per heavy atom. The molecule has 5 heteroatoms. The summed E-state index contributed by atoms with van der Waals surface area (Å²) in [4.78, 5) is 4.33. The van der Waals surface area contributed by atoms with Crippen molar-refractivity contribution in [3.63, 3.8) is 0 Å². The first-order chi connectivity index (χ1) is 7.69. The quantitative estimate of drug-likeness (QED) is 0.717. The van der Waals surface area contributed by atoms with Crippen LogP contribution in [0, 0.1) is 5.92 Å². The molecule has 0 aromatic carbocycles. The molecule has 0 bridgehead atoms. The molecule has 1 atom stereocenters. The van der Waals surface area contributed by atoms with Crippen molar-refractivity contribution in [1.82, 2.24) is 10.1 Å². The van der Waals surface area contributed by atoms with Crippen molar-refractivity contribution >= 4 is 0 Å². The Balaban J connectivity index is 2.55. The molecule has 92 valence electrons. The van der Waals surface area contributed by atoms with Crippen molar-refractivity contribution in [2.24, 2.45) is 11.7 Å². The van der Waals surface area contributed by atoms with Crippen LogP contribution in [0.4, 0.5) is 0 Å². The molecule has 0 aliphatic rings. The lowest BCUT2D eigenvalue weighted by Gasteiger charge is -2.14. The SMILES string of the molecule is COC(c1noc(CCCCN)n1)C(C)C. The second-order valence-electron chi connectivity index (χ2n) is 4.19. The molecule has 1 aromatic rings. The normalized spacial score (nSPS) is 13.3. The van der Waals surface area contributed by atoms with Gasteiger partial charge in [-0.25, -0.2) is 0 Å². The third kappa shape index (κ3) is 3.57. The van der Waals surface area contributed by atoms with Crippen LogP contribution in [0.2, 0.25) is 0 Å². The van der Waals surface area contributed by atoms with E-state index in [0.717, 1.165) is 19.3 Å². The van der Waals surface area contributed by atoms with Crippen molar-refractivity contribution < 1.29 is 9.26 Å². The fourth-order valence-electron chi connectivity index (χ4n) is 1.58. The molecule has 5 nitrogen and oxygen atoms in total. The van der Waals surface area contributed by atoms with Gasteiger partial charge >= 0.3 is 0 Å². The van der Waals surface area contributed by atoms with Crippen molar-refractivity contribution in [1.29, 1.82) is 0 Å². The minimum absolute atomic E-state index is 0.0907. The van der Waals surface area contributed by atoms with Gasteiger partial charge in [0.25, 0.3) is 0 Å². The Hall–Kier alpha value is -0.940. The fourth-order valence-corrected chi connectivity index (χ4v) is 1.58. The van der Waals surface area contributed by atoms with Gasteiger partial charge in [-0.05, 0) is 25.3 Å². The van der Waals surface area contributed by atoms with Gasteiger partial charge in [-0.3, -0.25) is 0 Å². The number of rotatable bonds is 7. The van der Waals surface area contributed by atoms with Gasteiger partial charge in [0, 0.05) is 13.5 Å². The van der Waals surface area contributed by atoms with Crippen LogP contribution in [0.1, 0.15) is 44.5 Å². The maximum Gasteiger partial charge on any atom is 0.226 e. The number of hydrogen-bond donors (Lipinski definition) is 1. The number of ether oxygens (including phenoxy) is 1. The Labute approximate surface area is 96.4 Å². The first-order valence-corrected chi connectivity index (χ1v) is 5.74. The first-order valence-electron chi connectivity index (χ1n) is 5.74. The summed E-state index contributed by atoms with van der Waals surface area (Å²) in [6.45, 7) is 4.84. The summed E-state index contributed by atoms with van der Waals surface area (Å²) >= 11 is 0. The van der Waals surface area contributed by atoms with Crippen molar-refractivity contribution in [3.8, 4) is 0 Å². The second-order valence-corrected chi connectivity index (χ2v) is 4.19. The highest BCUT2D eigenvalue weighted by Crippen LogP contribution is 2.22. The molecule has 0 spiro atoms. The number of nitrogens with zero attached hydrogens (tertiary/aromatic N) is 2. The van der Waals surface area contributed by atoms with E-state index in [0.29, 0.717) is 24.2 Å². The second kappa shape index (κ2) is 6.60. The number of methoxy groups -OCH3 is 1. The van der Waals surface area contributed by atoms with Crippen LogP contribution in [0.5, 0.6) is 0 Å². The zero-order valence-electron chi connectivity index (χ0n) is 10.3. The molecule has 1 heterocycles. The van der Waals surface area contributed by atoms with E-state index in [1.807, 2.05) is 0 Å². The van der Waals surface area contributed by atoms with E-state index in [2.05, 4.69) is 24.0 Å². The number of nitrogens with two attached hydrogens (primary N) is 1. The lowest BCUT2D eigenvalue weighted by molar-refractivity contribution is 0.0555. The van der Waals surface area contributed by atoms with Crippen LogP contribution in [0.3, 0.4) is 0 Å². The Bertz CT molecular complexity index is 299. The molecule has 0 aliphatic carbocycles. The summed E-state index contributed by atoms with van der Waals surface area (Å²) in [7, 11) is 1.66. The van der Waals surface area contributed by atoms with Crippen LogP contribution in [-0.2, 0) is 11.2 Å². The van der Waals surface area contributed by atoms with Gasteiger partial charge in [-0.1, -0.05) is 19.0 Å². The standard InChI is InChI=1S/C11H21N3O2/c1-8(2)10(15-3)11-13-9(16-14-11)6-4-5-7-12/h8,10H,4-7,12H2,1-3H3. The van der Waals surface area contributed by atoms with Gasteiger partial charge in [-0.15, -0.1) is 0 Å². The van der Waals surface area contributed by atoms with E-state index < -0.39 is 0 Å². The average molecular weight is 227 g/mol. The predicted octanol–water partition coefficient (Wildman–Crippen LogP) is 1.69. The highest BCUT2D eigenvalue weighted by Gasteiger charge is 2.20. The molecule has 0 amide bonds. The molecule has 0 saturated heterocycles. The van der Waals surface area contributed by atoms with Gasteiger partial charge in [0.05, 0.1) is 0 Å². The van der Waals surface area contributed by atoms with Crippen LogP contribution in [0.25, 0.3) is 0 Å². The van der Waals surface area contributed by atoms with Gasteiger partial charge in [-0.2, -0.15) is 4.98 Å². The van der Waals surface area contributed by atoms with Crippen LogP contribution in [-0.4, -0.2) is 23.8 Å². The highest BCUT2D eigenvalue weighted by atomic mass is 16.5. The minimum atomic E-state index is -0.0907. The third-order valence-corrected chi connectivity index (χ3v) is 2.44. The summed E-state index contributed by atoms with van der Waals surface area (Å²) in [5, 5.41) is 3.94. The summed E-state index contributed by atoms with van der Waals surface area (Å²) in [6.07, 6.45) is 2.67. The molecular weight excluding hydrogens is 206 g/mol. The monoisotopic (exact) mass is 227 g/mol. The van der Waals surface area contributed by atoms with Gasteiger partial charge in [0.2, 0.25) is 11.7 Å². The molecule has 1 rings (SSSR count). The van der Waals surface area contributed by atoms with E-state index in [4.69, 9.17) is 15.0 Å². The topological polar surface area (TPSA) is 74.2 Å². The molecule has 0 radical (unpaired) electrons. The number of hydrogen-bond acceptors (Lipinski definition) is 5. The Morgan fingerprint density at radius 1 is 1.38 bits per heavy atom. The molecule has 2 N–H and O–H groups in total. The lowest BCUT2D eigenvalue weighted by Crippen LogP contribution is -2.10. The van der Waals surface area contributed by atoms with Gasteiger partial charge < -0.3 is 15.0 Å². The molecular formula is C11H21N3O2. The lowest BCUT2D eigenvalue weighted by atomic mass is 10.1. The maximum absolute atomic E-state index is 5.42. The molecule has 0 aliphatic heterocycles. The Kier molecular flexibility index (Phi) is 5.42. The van der Waals surface area contributed by atoms with Crippen LogP contribution >= 0.6 is 0 Å². The summed E-state index contributed by atoms with van der Waals surface area (Å²) in [5.74, 6) is 1.64. The minimum Gasteiger partial charge on any atom is -0.373 e. The highest BCUT2D eigenvalue weighted by molar-refractivity contribution is 4.92. The first kappa shape index (κ1) is 13.1. The average Bonchev–Trinajstić information content (AvgIpc) is 2.67. The molecule has 1 aromatic heterocycles. The number of aryl methyl sites for hydroxylation is 1. The maximum atomic E-state index is 5.42. The van der Waals surface area contributed by atoms with Crippen molar-refractivity contribution in [2.75, 3.05) is 13.7 Å². The predicted molar refractivity (Wildman–Crippen MR) is 60.9 cm³/mol. The fraction of sp³-hybridized carbons (Fsp3) is 0.818. The smallest absolute Gasteiger partial charge is 0.226 e. The van der Waals surface area contributed by atoms with E-state index >= 15 is 0 Å². The summed E-state index contributed by atoms with van der Waals surface area (Å²) < 4.78 is 10.5. The van der Waals surface area contributed by atoms with Crippen LogP contribution < -0.4 is 5.73 Å². The number of unbranched alkanes of at least 4 members (excludes halogenated alkanes) is 1. The Morgan fingerprint density at radius 3 is 2.69 bits per heavy atom. The van der Waals surface area contributed by atoms with Gasteiger partial charge in [0.15, 0.2) is 0 Å². The van der Waals surface area contributed by atoms with E-state index in [1.165, 1.54) is 0 Å². The molecule has 1 unspecified atom stereocenters. The van der Waals surface area contributed by atoms with Crippen LogP contribution in [0.15, 0.2) is 4.52 Å². The zero-order chi connectivity index (χ0) is 12.0. The van der Waals surface area contributed by atoms with Crippen molar-refractivity contribution in [2.45, 2.75) is 39.2 Å². The van der Waals surface area contributed by atoms with Crippen molar-refractivity contribution in [3.05, 3.63) is 11.7 Å². The summed E-state index contributed by atoms with van der Waals surface area (Å²) in [5.41, 5.74) is 5.42. The molecule has 0 saturated carbocycles. The number of aromatic nitrogens is 2. The zero-order valence-corrected chi connectivity index (χ0v) is 10.3. The third-order valence-electron chi connectivity index (χ3n) is 2.44. The largest absolute Gasteiger partial charge is 0.373 e. The summed E-state index contributed by atoms with van der Waals surface area (Å²) in [6, 6.07) is 0. The van der Waals surface area contributed by atoms with E-state index in [1.54, 1.807) is 7.11 Å². The molecule has 0 fully saturated rings. The van der Waals surface area contributed by atoms with E-state index in [-0.39, 0.29) is 6.10 Å². The van der Waals surface area contributed by atoms with Gasteiger partial charge in [0.1, 0.15) is 6.10 Å². The molecule has 16 heavy (non-hydrogen) atoms. The van der Waals surface area contributed by atoms with E-state index in [9.17, 15) is 0 Å².